The lowest BCUT2D eigenvalue weighted by Crippen LogP contribution is -2.54. The molecule has 2 heterocycles. The number of halogens is 6. The molecule has 11 heteroatoms. The standard InChI is InChI=1S/C27H27F6N3O2/c1-38-24-16-22(6-7-23(24)25(37,26(28,29)30)27(31,32)33)21-4-2-19(3-5-21)17-35-12-14-36(15-13-35)18-20-8-10-34-11-9-20/h2-11,16,37H,12-15,17-18H2,1H3. The van der Waals surface area contributed by atoms with Gasteiger partial charge < -0.3 is 9.84 Å². The predicted molar refractivity (Wildman–Crippen MR) is 129 cm³/mol. The van der Waals surface area contributed by atoms with Gasteiger partial charge in [0.05, 0.1) is 7.11 Å². The number of hydrogen-bond donors (Lipinski definition) is 1. The molecule has 0 radical (unpaired) electrons. The zero-order chi connectivity index (χ0) is 27.6. The molecule has 1 N–H and O–H groups in total. The van der Waals surface area contributed by atoms with E-state index in [1.165, 1.54) is 5.56 Å². The van der Waals surface area contributed by atoms with Gasteiger partial charge in [0.15, 0.2) is 0 Å². The Morgan fingerprint density at radius 1 is 0.737 bits per heavy atom. The van der Waals surface area contributed by atoms with Gasteiger partial charge in [-0.25, -0.2) is 0 Å². The molecular formula is C27H27F6N3O2. The van der Waals surface area contributed by atoms with Crippen LogP contribution in [-0.4, -0.2) is 65.5 Å². The van der Waals surface area contributed by atoms with Crippen LogP contribution in [0, 0.1) is 0 Å². The quantitative estimate of drug-likeness (QED) is 0.409. The summed E-state index contributed by atoms with van der Waals surface area (Å²) in [5.74, 6) is -0.714. The lowest BCUT2D eigenvalue weighted by atomic mass is 9.89. The Hall–Kier alpha value is -3.15. The van der Waals surface area contributed by atoms with Crippen molar-refractivity contribution in [2.45, 2.75) is 31.0 Å². The third kappa shape index (κ3) is 5.79. The zero-order valence-corrected chi connectivity index (χ0v) is 20.6. The van der Waals surface area contributed by atoms with Crippen LogP contribution < -0.4 is 4.74 Å². The maximum atomic E-state index is 13.3. The van der Waals surface area contributed by atoms with Crippen LogP contribution in [0.15, 0.2) is 67.0 Å². The minimum Gasteiger partial charge on any atom is -0.496 e. The van der Waals surface area contributed by atoms with Gasteiger partial charge in [-0.1, -0.05) is 36.4 Å². The summed E-state index contributed by atoms with van der Waals surface area (Å²) >= 11 is 0. The summed E-state index contributed by atoms with van der Waals surface area (Å²) in [6.45, 7) is 5.23. The van der Waals surface area contributed by atoms with Crippen molar-refractivity contribution >= 4 is 0 Å². The number of aromatic nitrogens is 1. The highest BCUT2D eigenvalue weighted by Gasteiger charge is 2.72. The molecule has 1 aliphatic rings. The molecule has 0 unspecified atom stereocenters. The maximum Gasteiger partial charge on any atom is 0.430 e. The smallest absolute Gasteiger partial charge is 0.430 e. The zero-order valence-electron chi connectivity index (χ0n) is 20.6. The van der Waals surface area contributed by atoms with Crippen LogP contribution in [0.3, 0.4) is 0 Å². The number of rotatable bonds is 7. The summed E-state index contributed by atoms with van der Waals surface area (Å²) in [5, 5.41) is 9.77. The Morgan fingerprint density at radius 3 is 1.68 bits per heavy atom. The predicted octanol–water partition coefficient (Wildman–Crippen LogP) is 5.39. The Bertz CT molecular complexity index is 1190. The molecule has 1 fully saturated rings. The van der Waals surface area contributed by atoms with Gasteiger partial charge in [-0.2, -0.15) is 26.3 Å². The van der Waals surface area contributed by atoms with E-state index in [2.05, 4.69) is 14.8 Å². The van der Waals surface area contributed by atoms with Crippen LogP contribution in [0.4, 0.5) is 26.3 Å². The molecule has 0 aliphatic carbocycles. The minimum absolute atomic E-state index is 0.355. The Kier molecular flexibility index (Phi) is 8.01. The number of pyridine rings is 1. The molecule has 38 heavy (non-hydrogen) atoms. The SMILES string of the molecule is COc1cc(-c2ccc(CN3CCN(Cc4ccncc4)CC3)cc2)ccc1C(O)(C(F)(F)F)C(F)(F)F. The number of ether oxygens (including phenoxy) is 1. The normalized spacial score (nSPS) is 16.0. The van der Waals surface area contributed by atoms with Gasteiger partial charge in [0.25, 0.3) is 5.60 Å². The molecule has 5 nitrogen and oxygen atoms in total. The molecule has 1 saturated heterocycles. The lowest BCUT2D eigenvalue weighted by molar-refractivity contribution is -0.376. The van der Waals surface area contributed by atoms with E-state index >= 15 is 0 Å². The third-order valence-corrected chi connectivity index (χ3v) is 6.73. The minimum atomic E-state index is -5.99. The first-order valence-corrected chi connectivity index (χ1v) is 11.9. The van der Waals surface area contributed by atoms with Gasteiger partial charge in [0.2, 0.25) is 0 Å². The molecule has 3 aromatic rings. The highest BCUT2D eigenvalue weighted by atomic mass is 19.4. The second-order valence-electron chi connectivity index (χ2n) is 9.23. The first-order valence-electron chi connectivity index (χ1n) is 11.9. The summed E-state index contributed by atoms with van der Waals surface area (Å²) in [4.78, 5) is 8.74. The molecule has 1 aliphatic heterocycles. The fourth-order valence-electron chi connectivity index (χ4n) is 4.55. The second kappa shape index (κ2) is 10.9. The van der Waals surface area contributed by atoms with Gasteiger partial charge in [-0.05, 0) is 40.5 Å². The molecule has 0 amide bonds. The fourth-order valence-corrected chi connectivity index (χ4v) is 4.55. The summed E-state index contributed by atoms with van der Waals surface area (Å²) in [6, 6.07) is 14.0. The van der Waals surface area contributed by atoms with E-state index in [0.717, 1.165) is 64.1 Å². The Morgan fingerprint density at radius 2 is 1.21 bits per heavy atom. The van der Waals surface area contributed by atoms with Crippen molar-refractivity contribution in [3.63, 3.8) is 0 Å². The van der Waals surface area contributed by atoms with Gasteiger partial charge >= 0.3 is 12.4 Å². The average Bonchev–Trinajstić information content (AvgIpc) is 2.89. The van der Waals surface area contributed by atoms with Crippen molar-refractivity contribution in [3.05, 3.63) is 83.7 Å². The van der Waals surface area contributed by atoms with Crippen molar-refractivity contribution in [3.8, 4) is 16.9 Å². The monoisotopic (exact) mass is 539 g/mol. The molecule has 0 saturated carbocycles. The van der Waals surface area contributed by atoms with Gasteiger partial charge in [0, 0.05) is 57.2 Å². The summed E-state index contributed by atoms with van der Waals surface area (Å²) < 4.78 is 84.9. The number of aliphatic hydroxyl groups is 1. The van der Waals surface area contributed by atoms with Crippen LogP contribution >= 0.6 is 0 Å². The molecule has 1 aromatic heterocycles. The van der Waals surface area contributed by atoms with Crippen molar-refractivity contribution in [2.75, 3.05) is 33.3 Å². The molecule has 204 valence electrons. The molecule has 0 bridgehead atoms. The molecule has 2 aromatic carbocycles. The van der Waals surface area contributed by atoms with Crippen LogP contribution in [0.2, 0.25) is 0 Å². The van der Waals surface area contributed by atoms with E-state index in [1.807, 2.05) is 24.3 Å². The summed E-state index contributed by atoms with van der Waals surface area (Å²) in [6.07, 6.45) is -8.42. The second-order valence-corrected chi connectivity index (χ2v) is 9.23. The first kappa shape index (κ1) is 27.9. The summed E-state index contributed by atoms with van der Waals surface area (Å²) in [7, 11) is 0.954. The van der Waals surface area contributed by atoms with Crippen LogP contribution in [0.1, 0.15) is 16.7 Å². The van der Waals surface area contributed by atoms with E-state index < -0.39 is 29.3 Å². The van der Waals surface area contributed by atoms with Gasteiger partial charge in [-0.15, -0.1) is 0 Å². The first-order chi connectivity index (χ1) is 17.9. The Balaban J connectivity index is 1.43. The number of hydrogen-bond acceptors (Lipinski definition) is 5. The molecule has 0 atom stereocenters. The van der Waals surface area contributed by atoms with E-state index in [1.54, 1.807) is 24.5 Å². The van der Waals surface area contributed by atoms with E-state index in [9.17, 15) is 31.4 Å². The van der Waals surface area contributed by atoms with Gasteiger partial charge in [0.1, 0.15) is 5.75 Å². The van der Waals surface area contributed by atoms with Crippen LogP contribution in [0.25, 0.3) is 11.1 Å². The number of piperazine rings is 1. The number of benzene rings is 2. The van der Waals surface area contributed by atoms with Crippen molar-refractivity contribution in [2.24, 2.45) is 0 Å². The lowest BCUT2D eigenvalue weighted by Gasteiger charge is -2.34. The summed E-state index contributed by atoms with van der Waals surface area (Å²) in [5.41, 5.74) is -3.28. The number of methoxy groups -OCH3 is 1. The van der Waals surface area contributed by atoms with E-state index in [-0.39, 0.29) is 0 Å². The fraction of sp³-hybridized carbons (Fsp3) is 0.370. The van der Waals surface area contributed by atoms with Gasteiger partial charge in [-0.3, -0.25) is 14.8 Å². The topological polar surface area (TPSA) is 48.8 Å². The van der Waals surface area contributed by atoms with Crippen molar-refractivity contribution < 1.29 is 36.2 Å². The largest absolute Gasteiger partial charge is 0.496 e. The number of alkyl halides is 6. The van der Waals surface area contributed by atoms with Crippen LogP contribution in [0.5, 0.6) is 5.75 Å². The molecule has 4 rings (SSSR count). The molecule has 0 spiro atoms. The van der Waals surface area contributed by atoms with Crippen molar-refractivity contribution in [1.29, 1.82) is 0 Å². The van der Waals surface area contributed by atoms with E-state index in [0.29, 0.717) is 17.2 Å². The molecular weight excluding hydrogens is 512 g/mol. The Labute approximate surface area is 216 Å². The average molecular weight is 540 g/mol. The highest BCUT2D eigenvalue weighted by molar-refractivity contribution is 5.67. The van der Waals surface area contributed by atoms with E-state index in [4.69, 9.17) is 4.74 Å². The number of nitrogens with zero attached hydrogens (tertiary/aromatic N) is 3. The highest BCUT2D eigenvalue weighted by Crippen LogP contribution is 2.52. The maximum absolute atomic E-state index is 13.3. The third-order valence-electron chi connectivity index (χ3n) is 6.73. The van der Waals surface area contributed by atoms with Crippen molar-refractivity contribution in [1.82, 2.24) is 14.8 Å². The van der Waals surface area contributed by atoms with Crippen LogP contribution in [-0.2, 0) is 18.7 Å².